The van der Waals surface area contributed by atoms with Crippen LogP contribution in [-0.2, 0) is 11.3 Å². The third-order valence-electron chi connectivity index (χ3n) is 4.87. The number of hydrogen-bond acceptors (Lipinski definition) is 4. The second kappa shape index (κ2) is 8.84. The Morgan fingerprint density at radius 2 is 2.07 bits per heavy atom. The average Bonchev–Trinajstić information content (AvgIpc) is 3.14. The SMILES string of the molecule is CC(C)(C)[C@H](Cn1ccnc1)NC(=O)Nc1cccc(Cl)c1N1CCOCC1. The molecule has 0 bridgehead atoms. The molecule has 152 valence electrons. The van der Waals surface area contributed by atoms with Crippen LogP contribution in [0.15, 0.2) is 36.9 Å². The van der Waals surface area contributed by atoms with Crippen LogP contribution in [0.3, 0.4) is 0 Å². The van der Waals surface area contributed by atoms with Gasteiger partial charge in [0, 0.05) is 32.0 Å². The molecule has 1 fully saturated rings. The maximum atomic E-state index is 12.8. The highest BCUT2D eigenvalue weighted by Gasteiger charge is 2.27. The number of morpholine rings is 1. The van der Waals surface area contributed by atoms with Gasteiger partial charge in [0.25, 0.3) is 0 Å². The summed E-state index contributed by atoms with van der Waals surface area (Å²) in [5.74, 6) is 0. The number of benzene rings is 1. The fraction of sp³-hybridized carbons (Fsp3) is 0.500. The molecule has 1 atom stereocenters. The van der Waals surface area contributed by atoms with E-state index >= 15 is 0 Å². The van der Waals surface area contributed by atoms with Gasteiger partial charge in [-0.1, -0.05) is 38.4 Å². The molecular formula is C20H28ClN5O2. The molecule has 1 aromatic carbocycles. The lowest BCUT2D eigenvalue weighted by atomic mass is 9.86. The second-order valence-electron chi connectivity index (χ2n) is 8.01. The zero-order chi connectivity index (χ0) is 20.1. The Kier molecular flexibility index (Phi) is 6.46. The largest absolute Gasteiger partial charge is 0.378 e. The first-order chi connectivity index (χ1) is 13.3. The molecule has 2 N–H and O–H groups in total. The van der Waals surface area contributed by atoms with E-state index in [1.807, 2.05) is 29.0 Å². The number of carbonyl (C=O) groups is 1. The number of carbonyl (C=O) groups excluding carboxylic acids is 1. The number of anilines is 2. The molecule has 1 aromatic heterocycles. The monoisotopic (exact) mass is 405 g/mol. The van der Waals surface area contributed by atoms with Gasteiger partial charge in [-0.3, -0.25) is 0 Å². The molecule has 1 saturated heterocycles. The van der Waals surface area contributed by atoms with Gasteiger partial charge in [0.15, 0.2) is 0 Å². The van der Waals surface area contributed by atoms with Crippen molar-refractivity contribution in [3.05, 3.63) is 41.9 Å². The molecule has 0 saturated carbocycles. The van der Waals surface area contributed by atoms with Crippen molar-refractivity contribution in [1.29, 1.82) is 0 Å². The Morgan fingerprint density at radius 3 is 2.71 bits per heavy atom. The number of urea groups is 1. The van der Waals surface area contributed by atoms with Crippen LogP contribution in [0, 0.1) is 5.41 Å². The van der Waals surface area contributed by atoms with Gasteiger partial charge in [0.2, 0.25) is 0 Å². The van der Waals surface area contributed by atoms with E-state index in [1.54, 1.807) is 12.5 Å². The van der Waals surface area contributed by atoms with Crippen molar-refractivity contribution in [2.75, 3.05) is 36.5 Å². The molecule has 0 spiro atoms. The number of ether oxygens (including phenoxy) is 1. The summed E-state index contributed by atoms with van der Waals surface area (Å²) < 4.78 is 7.40. The van der Waals surface area contributed by atoms with Crippen molar-refractivity contribution >= 4 is 29.0 Å². The minimum Gasteiger partial charge on any atom is -0.378 e. The number of aromatic nitrogens is 2. The molecule has 3 rings (SSSR count). The third kappa shape index (κ3) is 5.17. The van der Waals surface area contributed by atoms with Crippen molar-refractivity contribution < 1.29 is 9.53 Å². The number of imidazole rings is 1. The molecule has 1 aliphatic heterocycles. The minimum atomic E-state index is -0.253. The zero-order valence-electron chi connectivity index (χ0n) is 16.6. The Morgan fingerprint density at radius 1 is 1.32 bits per heavy atom. The van der Waals surface area contributed by atoms with Crippen LogP contribution in [0.1, 0.15) is 20.8 Å². The molecule has 28 heavy (non-hydrogen) atoms. The molecule has 2 aromatic rings. The van der Waals surface area contributed by atoms with Gasteiger partial charge in [-0.2, -0.15) is 0 Å². The van der Waals surface area contributed by atoms with Crippen molar-refractivity contribution in [2.45, 2.75) is 33.4 Å². The minimum absolute atomic E-state index is 0.0762. The number of nitrogens with one attached hydrogen (secondary N) is 2. The van der Waals surface area contributed by atoms with Crippen LogP contribution in [0.5, 0.6) is 0 Å². The Bertz CT molecular complexity index is 782. The number of para-hydroxylation sites is 1. The lowest BCUT2D eigenvalue weighted by Gasteiger charge is -2.33. The van der Waals surface area contributed by atoms with Crippen LogP contribution >= 0.6 is 11.6 Å². The van der Waals surface area contributed by atoms with Gasteiger partial charge < -0.3 is 24.8 Å². The number of rotatable bonds is 5. The highest BCUT2D eigenvalue weighted by Crippen LogP contribution is 2.34. The third-order valence-corrected chi connectivity index (χ3v) is 5.17. The molecule has 2 heterocycles. The quantitative estimate of drug-likeness (QED) is 0.797. The van der Waals surface area contributed by atoms with Crippen LogP contribution in [0.25, 0.3) is 0 Å². The van der Waals surface area contributed by atoms with Gasteiger partial charge in [-0.05, 0) is 17.5 Å². The van der Waals surface area contributed by atoms with E-state index in [0.29, 0.717) is 30.5 Å². The van der Waals surface area contributed by atoms with E-state index in [-0.39, 0.29) is 17.5 Å². The van der Waals surface area contributed by atoms with E-state index < -0.39 is 0 Å². The Balaban J connectivity index is 1.73. The summed E-state index contributed by atoms with van der Waals surface area (Å²) in [7, 11) is 0. The maximum absolute atomic E-state index is 12.8. The molecule has 8 heteroatoms. The highest BCUT2D eigenvalue weighted by atomic mass is 35.5. The molecule has 2 amide bonds. The smallest absolute Gasteiger partial charge is 0.319 e. The molecule has 1 aliphatic rings. The highest BCUT2D eigenvalue weighted by molar-refractivity contribution is 6.34. The average molecular weight is 406 g/mol. The lowest BCUT2D eigenvalue weighted by Crippen LogP contribution is -2.48. The molecule has 0 radical (unpaired) electrons. The summed E-state index contributed by atoms with van der Waals surface area (Å²) in [6.45, 7) is 9.73. The number of hydrogen-bond donors (Lipinski definition) is 2. The first-order valence-electron chi connectivity index (χ1n) is 9.49. The van der Waals surface area contributed by atoms with E-state index in [1.165, 1.54) is 0 Å². The van der Waals surface area contributed by atoms with Gasteiger partial charge in [0.05, 0.1) is 42.0 Å². The van der Waals surface area contributed by atoms with Crippen molar-refractivity contribution in [3.63, 3.8) is 0 Å². The van der Waals surface area contributed by atoms with Crippen molar-refractivity contribution in [2.24, 2.45) is 5.41 Å². The fourth-order valence-corrected chi connectivity index (χ4v) is 3.48. The summed E-state index contributed by atoms with van der Waals surface area (Å²) in [5.41, 5.74) is 1.41. The molecule has 7 nitrogen and oxygen atoms in total. The standard InChI is InChI=1S/C20H28ClN5O2/c1-20(2,3)17(13-25-8-7-22-14-25)24-19(27)23-16-6-4-5-15(21)18(16)26-9-11-28-12-10-26/h4-8,14,17H,9-13H2,1-3H3,(H2,23,24,27)/t17-/m0/s1. The van der Waals surface area contributed by atoms with Crippen LogP contribution < -0.4 is 15.5 Å². The Hall–Kier alpha value is -2.25. The first-order valence-corrected chi connectivity index (χ1v) is 9.87. The van der Waals surface area contributed by atoms with E-state index in [2.05, 4.69) is 41.3 Å². The topological polar surface area (TPSA) is 71.4 Å². The molecular weight excluding hydrogens is 378 g/mol. The van der Waals surface area contributed by atoms with E-state index in [4.69, 9.17) is 16.3 Å². The second-order valence-corrected chi connectivity index (χ2v) is 8.42. The van der Waals surface area contributed by atoms with Crippen molar-refractivity contribution in [1.82, 2.24) is 14.9 Å². The van der Waals surface area contributed by atoms with Gasteiger partial charge >= 0.3 is 6.03 Å². The molecule has 0 aliphatic carbocycles. The van der Waals surface area contributed by atoms with Gasteiger partial charge in [-0.25, -0.2) is 9.78 Å². The maximum Gasteiger partial charge on any atom is 0.319 e. The van der Waals surface area contributed by atoms with Crippen LogP contribution in [-0.4, -0.2) is 47.9 Å². The number of halogens is 1. The predicted octanol–water partition coefficient (Wildman–Crippen LogP) is 3.61. The summed E-state index contributed by atoms with van der Waals surface area (Å²) >= 11 is 6.45. The normalized spacial score (nSPS) is 15.9. The van der Waals surface area contributed by atoms with Gasteiger partial charge in [0.1, 0.15) is 0 Å². The van der Waals surface area contributed by atoms with E-state index in [0.717, 1.165) is 18.8 Å². The fourth-order valence-electron chi connectivity index (χ4n) is 3.18. The van der Waals surface area contributed by atoms with Crippen LogP contribution in [0.4, 0.5) is 16.2 Å². The lowest BCUT2D eigenvalue weighted by molar-refractivity contribution is 0.123. The predicted molar refractivity (Wildman–Crippen MR) is 112 cm³/mol. The first kappa shape index (κ1) is 20.5. The van der Waals surface area contributed by atoms with E-state index in [9.17, 15) is 4.79 Å². The summed E-state index contributed by atoms with van der Waals surface area (Å²) in [6.07, 6.45) is 5.39. The van der Waals surface area contributed by atoms with Gasteiger partial charge in [-0.15, -0.1) is 0 Å². The number of nitrogens with zero attached hydrogens (tertiary/aromatic N) is 3. The Labute approximate surface area is 171 Å². The number of amides is 2. The summed E-state index contributed by atoms with van der Waals surface area (Å²) in [5, 5.41) is 6.71. The van der Waals surface area contributed by atoms with Crippen LogP contribution in [0.2, 0.25) is 5.02 Å². The van der Waals surface area contributed by atoms with Crippen molar-refractivity contribution in [3.8, 4) is 0 Å². The summed E-state index contributed by atoms with van der Waals surface area (Å²) in [6, 6.07) is 5.23. The summed E-state index contributed by atoms with van der Waals surface area (Å²) in [4.78, 5) is 19.0. The molecule has 0 unspecified atom stereocenters. The zero-order valence-corrected chi connectivity index (χ0v) is 17.4.